The SMILES string of the molecule is Cc1c(NC(=O)c2ccc(CN(c3cccc(Cl)c3Cl)S(C)(=O)=O)cc2)cccc1[N+](=O)[O-]. The third kappa shape index (κ3) is 5.62. The van der Waals surface area contributed by atoms with E-state index in [-0.39, 0.29) is 28.0 Å². The van der Waals surface area contributed by atoms with Crippen molar-refractivity contribution in [3.63, 3.8) is 0 Å². The normalized spacial score (nSPS) is 11.2. The predicted octanol–water partition coefficient (Wildman–Crippen LogP) is 5.43. The Labute approximate surface area is 200 Å². The molecule has 0 atom stereocenters. The van der Waals surface area contributed by atoms with Crippen LogP contribution >= 0.6 is 23.2 Å². The summed E-state index contributed by atoms with van der Waals surface area (Å²) < 4.78 is 25.9. The Kier molecular flexibility index (Phi) is 7.26. The summed E-state index contributed by atoms with van der Waals surface area (Å²) in [5.74, 6) is -0.456. The number of hydrogen-bond donors (Lipinski definition) is 1. The maximum absolute atomic E-state index is 12.6. The maximum Gasteiger partial charge on any atom is 0.274 e. The van der Waals surface area contributed by atoms with Gasteiger partial charge in [-0.25, -0.2) is 8.42 Å². The molecule has 0 spiro atoms. The number of amides is 1. The molecule has 0 aliphatic carbocycles. The number of nitro benzene ring substituents is 1. The van der Waals surface area contributed by atoms with E-state index in [1.54, 1.807) is 43.3 Å². The second-order valence-corrected chi connectivity index (χ2v) is 9.89. The summed E-state index contributed by atoms with van der Waals surface area (Å²) in [6.07, 6.45) is 1.06. The molecule has 0 bridgehead atoms. The first kappa shape index (κ1) is 24.5. The van der Waals surface area contributed by atoms with Gasteiger partial charge in [0.15, 0.2) is 0 Å². The van der Waals surface area contributed by atoms with Crippen molar-refractivity contribution in [1.29, 1.82) is 0 Å². The number of benzene rings is 3. The minimum absolute atomic E-state index is 0.0230. The lowest BCUT2D eigenvalue weighted by atomic mass is 10.1. The van der Waals surface area contributed by atoms with E-state index in [0.29, 0.717) is 22.4 Å². The van der Waals surface area contributed by atoms with Gasteiger partial charge in [-0.2, -0.15) is 0 Å². The smallest absolute Gasteiger partial charge is 0.274 e. The molecular formula is C22H19Cl2N3O5S. The van der Waals surface area contributed by atoms with Gasteiger partial charge in [0.25, 0.3) is 11.6 Å². The number of carbonyl (C=O) groups excluding carboxylic acids is 1. The number of nitrogens with one attached hydrogen (secondary N) is 1. The summed E-state index contributed by atoms with van der Waals surface area (Å²) in [5, 5.41) is 14.1. The van der Waals surface area contributed by atoms with Gasteiger partial charge in [0.05, 0.1) is 44.7 Å². The Morgan fingerprint density at radius 3 is 2.30 bits per heavy atom. The van der Waals surface area contributed by atoms with Crippen molar-refractivity contribution in [2.24, 2.45) is 0 Å². The number of nitrogens with zero attached hydrogens (tertiary/aromatic N) is 2. The van der Waals surface area contributed by atoms with Gasteiger partial charge >= 0.3 is 0 Å². The fraction of sp³-hybridized carbons (Fsp3) is 0.136. The molecule has 1 N–H and O–H groups in total. The van der Waals surface area contributed by atoms with Crippen LogP contribution in [0.25, 0.3) is 0 Å². The number of rotatable bonds is 7. The lowest BCUT2D eigenvalue weighted by Gasteiger charge is -2.24. The van der Waals surface area contributed by atoms with Crippen molar-refractivity contribution in [1.82, 2.24) is 0 Å². The third-order valence-electron chi connectivity index (χ3n) is 4.89. The van der Waals surface area contributed by atoms with Gasteiger partial charge in [-0.1, -0.05) is 47.5 Å². The number of sulfonamides is 1. The van der Waals surface area contributed by atoms with Gasteiger partial charge in [-0.15, -0.1) is 0 Å². The second kappa shape index (κ2) is 9.78. The highest BCUT2D eigenvalue weighted by molar-refractivity contribution is 7.92. The minimum atomic E-state index is -3.68. The molecule has 0 heterocycles. The first-order chi connectivity index (χ1) is 15.5. The lowest BCUT2D eigenvalue weighted by molar-refractivity contribution is -0.385. The molecule has 0 aliphatic heterocycles. The summed E-state index contributed by atoms with van der Waals surface area (Å²) in [6.45, 7) is 1.53. The molecule has 0 aliphatic rings. The highest BCUT2D eigenvalue weighted by atomic mass is 35.5. The van der Waals surface area contributed by atoms with E-state index in [9.17, 15) is 23.3 Å². The molecule has 33 heavy (non-hydrogen) atoms. The standard InChI is InChI=1S/C22H19Cl2N3O5S/c1-14-18(6-4-7-19(14)27(29)30)25-22(28)16-11-9-15(10-12-16)13-26(33(2,31)32)20-8-3-5-17(23)21(20)24/h3-12H,13H2,1-2H3,(H,25,28). The van der Waals surface area contributed by atoms with E-state index in [4.69, 9.17) is 23.2 Å². The van der Waals surface area contributed by atoms with Crippen LogP contribution in [-0.2, 0) is 16.6 Å². The highest BCUT2D eigenvalue weighted by Crippen LogP contribution is 2.34. The fourth-order valence-corrected chi connectivity index (χ4v) is 4.49. The zero-order valence-electron chi connectivity index (χ0n) is 17.6. The van der Waals surface area contributed by atoms with E-state index in [0.717, 1.165) is 10.6 Å². The average Bonchev–Trinajstić information content (AvgIpc) is 2.75. The van der Waals surface area contributed by atoms with Gasteiger partial charge < -0.3 is 5.32 Å². The van der Waals surface area contributed by atoms with Gasteiger partial charge in [-0.3, -0.25) is 19.2 Å². The molecule has 3 rings (SSSR count). The Morgan fingerprint density at radius 1 is 1.06 bits per heavy atom. The molecule has 0 radical (unpaired) electrons. The van der Waals surface area contributed by atoms with Crippen molar-refractivity contribution >= 4 is 56.2 Å². The summed E-state index contributed by atoms with van der Waals surface area (Å²) in [5.41, 5.74) is 1.74. The maximum atomic E-state index is 12.6. The van der Waals surface area contributed by atoms with Crippen molar-refractivity contribution in [2.45, 2.75) is 13.5 Å². The van der Waals surface area contributed by atoms with Gasteiger partial charge in [0, 0.05) is 11.6 Å². The second-order valence-electron chi connectivity index (χ2n) is 7.20. The monoisotopic (exact) mass is 507 g/mol. The number of anilines is 2. The molecule has 3 aromatic carbocycles. The topological polar surface area (TPSA) is 110 Å². The van der Waals surface area contributed by atoms with Crippen LogP contribution in [0.2, 0.25) is 10.0 Å². The number of hydrogen-bond acceptors (Lipinski definition) is 5. The van der Waals surface area contributed by atoms with E-state index in [1.807, 2.05) is 0 Å². The van der Waals surface area contributed by atoms with Crippen LogP contribution in [0.4, 0.5) is 17.1 Å². The van der Waals surface area contributed by atoms with Crippen LogP contribution in [-0.4, -0.2) is 25.5 Å². The Balaban J connectivity index is 1.82. The molecule has 11 heteroatoms. The summed E-state index contributed by atoms with van der Waals surface area (Å²) in [4.78, 5) is 23.2. The highest BCUT2D eigenvalue weighted by Gasteiger charge is 2.22. The van der Waals surface area contributed by atoms with Crippen molar-refractivity contribution in [3.8, 4) is 0 Å². The first-order valence-corrected chi connectivity index (χ1v) is 12.2. The van der Waals surface area contributed by atoms with E-state index < -0.39 is 20.9 Å². The molecule has 172 valence electrons. The summed E-state index contributed by atoms with van der Waals surface area (Å²) >= 11 is 12.3. The predicted molar refractivity (Wildman–Crippen MR) is 130 cm³/mol. The third-order valence-corrected chi connectivity index (χ3v) is 6.83. The molecule has 8 nitrogen and oxygen atoms in total. The number of carbonyl (C=O) groups is 1. The van der Waals surface area contributed by atoms with E-state index in [1.165, 1.54) is 24.3 Å². The zero-order valence-corrected chi connectivity index (χ0v) is 19.9. The largest absolute Gasteiger partial charge is 0.321 e. The van der Waals surface area contributed by atoms with E-state index >= 15 is 0 Å². The Morgan fingerprint density at radius 2 is 1.70 bits per heavy atom. The number of nitro groups is 1. The van der Waals surface area contributed by atoms with E-state index in [2.05, 4.69) is 5.32 Å². The van der Waals surface area contributed by atoms with Gasteiger partial charge in [0.1, 0.15) is 0 Å². The summed E-state index contributed by atoms with van der Waals surface area (Å²) in [7, 11) is -3.68. The molecule has 1 amide bonds. The van der Waals surface area contributed by atoms with Crippen molar-refractivity contribution in [3.05, 3.63) is 97.5 Å². The molecule has 0 fully saturated rings. The van der Waals surface area contributed by atoms with Crippen LogP contribution in [0.3, 0.4) is 0 Å². The molecular weight excluding hydrogens is 489 g/mol. The summed E-state index contributed by atoms with van der Waals surface area (Å²) in [6, 6.07) is 15.5. The van der Waals surface area contributed by atoms with Crippen LogP contribution in [0.15, 0.2) is 60.7 Å². The quantitative estimate of drug-likeness (QED) is 0.338. The van der Waals surface area contributed by atoms with Gasteiger partial charge in [0.2, 0.25) is 10.0 Å². The van der Waals surface area contributed by atoms with Gasteiger partial charge in [-0.05, 0) is 42.8 Å². The molecule has 0 saturated carbocycles. The number of halogens is 2. The van der Waals surface area contributed by atoms with Crippen LogP contribution < -0.4 is 9.62 Å². The molecule has 3 aromatic rings. The van der Waals surface area contributed by atoms with Crippen LogP contribution in [0, 0.1) is 17.0 Å². The first-order valence-electron chi connectivity index (χ1n) is 9.55. The lowest BCUT2D eigenvalue weighted by Crippen LogP contribution is -2.29. The van der Waals surface area contributed by atoms with Crippen LogP contribution in [0.5, 0.6) is 0 Å². The van der Waals surface area contributed by atoms with Crippen molar-refractivity contribution < 1.29 is 18.1 Å². The molecule has 0 aromatic heterocycles. The Bertz CT molecular complexity index is 1330. The van der Waals surface area contributed by atoms with Crippen LogP contribution in [0.1, 0.15) is 21.5 Å². The minimum Gasteiger partial charge on any atom is -0.321 e. The average molecular weight is 508 g/mol. The fourth-order valence-electron chi connectivity index (χ4n) is 3.14. The Hall–Kier alpha value is -3.14. The molecule has 0 saturated heterocycles. The molecule has 0 unspecified atom stereocenters. The zero-order chi connectivity index (χ0) is 24.3. The van der Waals surface area contributed by atoms with Crippen molar-refractivity contribution in [2.75, 3.05) is 15.9 Å².